The molecule has 4 aromatic rings. The van der Waals surface area contributed by atoms with Crippen molar-refractivity contribution < 1.29 is 21.7 Å². The minimum atomic E-state index is 0. The van der Waals surface area contributed by atoms with E-state index in [0.29, 0.717) is 0 Å². The van der Waals surface area contributed by atoms with Crippen molar-refractivity contribution in [2.45, 2.75) is 13.8 Å². The van der Waals surface area contributed by atoms with E-state index in [9.17, 15) is 0 Å². The van der Waals surface area contributed by atoms with Crippen LogP contribution in [0.4, 0.5) is 0 Å². The molecule has 0 amide bonds. The first-order chi connectivity index (χ1) is 12.6. The summed E-state index contributed by atoms with van der Waals surface area (Å²) in [5.74, 6) is 0. The van der Waals surface area contributed by atoms with Crippen LogP contribution in [0.25, 0.3) is 0 Å². The minimum absolute atomic E-state index is 0. The molecule has 0 N–H and O–H groups in total. The summed E-state index contributed by atoms with van der Waals surface area (Å²) < 4.78 is 0. The quantitative estimate of drug-likeness (QED) is 0.221. The second-order valence-corrected chi connectivity index (χ2v) is 5.90. The van der Waals surface area contributed by atoms with E-state index in [1.165, 1.54) is 11.1 Å². The van der Waals surface area contributed by atoms with Crippen molar-refractivity contribution in [3.63, 3.8) is 0 Å². The van der Waals surface area contributed by atoms with Gasteiger partial charge in [0.25, 0.3) is 0 Å². The van der Waals surface area contributed by atoms with Crippen molar-refractivity contribution in [3.05, 3.63) is 145 Å². The van der Waals surface area contributed by atoms with Gasteiger partial charge < -0.3 is 0 Å². The smallest absolute Gasteiger partial charge is 0.213 e. The largest absolute Gasteiger partial charge is 4.00 e. The molecule has 0 heterocycles. The van der Waals surface area contributed by atoms with Gasteiger partial charge in [-0.15, -0.1) is 24.3 Å². The molecule has 0 saturated carbocycles. The molecule has 0 spiro atoms. The Hall–Kier alpha value is -2.41. The number of hydrogen-bond acceptors (Lipinski definition) is 0. The number of aryl methyl sites for hydroxylation is 2. The molecule has 0 radical (unpaired) electrons. The molecule has 0 nitrogen and oxygen atoms in total. The Kier molecular flexibility index (Phi) is 14.4. The van der Waals surface area contributed by atoms with Gasteiger partial charge in [-0.2, -0.15) is 84.6 Å². The van der Waals surface area contributed by atoms with E-state index in [4.69, 9.17) is 0 Å². The molecular formula is C26H28Ti. The molecule has 136 valence electrons. The number of hydrogen-bond donors (Lipinski definition) is 0. The molecule has 0 fully saturated rings. The van der Waals surface area contributed by atoms with Gasteiger partial charge in [0, 0.05) is 0 Å². The second-order valence-electron chi connectivity index (χ2n) is 5.90. The van der Waals surface area contributed by atoms with Crippen molar-refractivity contribution in [1.29, 1.82) is 0 Å². The van der Waals surface area contributed by atoms with Crippen LogP contribution in [0, 0.1) is 27.7 Å². The van der Waals surface area contributed by atoms with Crippen molar-refractivity contribution in [2.75, 3.05) is 0 Å². The van der Waals surface area contributed by atoms with Crippen molar-refractivity contribution in [3.8, 4) is 0 Å². The Morgan fingerprint density at radius 3 is 0.852 bits per heavy atom. The van der Waals surface area contributed by atoms with E-state index < -0.39 is 0 Å². The predicted molar refractivity (Wildman–Crippen MR) is 115 cm³/mol. The second kappa shape index (κ2) is 15.8. The summed E-state index contributed by atoms with van der Waals surface area (Å²) in [6.07, 6.45) is 0. The van der Waals surface area contributed by atoms with Crippen molar-refractivity contribution >= 4 is 0 Å². The molecule has 1 heteroatoms. The van der Waals surface area contributed by atoms with Crippen LogP contribution in [-0.4, -0.2) is 0 Å². The fourth-order valence-corrected chi connectivity index (χ4v) is 1.90. The Bertz CT molecular complexity index is 682. The van der Waals surface area contributed by atoms with Crippen LogP contribution in [0.5, 0.6) is 0 Å². The molecule has 0 aliphatic rings. The SMILES string of the molecule is C[c-]1cccc1.C[c-]1cccc1.[CH2-]c1ccccc1.[CH2-]c1ccccc1.[Ti+4]. The van der Waals surface area contributed by atoms with Gasteiger partial charge in [-0.25, -0.2) is 24.3 Å². The molecular weight excluding hydrogens is 360 g/mol. The minimum Gasteiger partial charge on any atom is -0.213 e. The molecule has 4 rings (SSSR count). The molecule has 0 saturated heterocycles. The summed E-state index contributed by atoms with van der Waals surface area (Å²) in [4.78, 5) is 0. The van der Waals surface area contributed by atoms with Gasteiger partial charge >= 0.3 is 21.7 Å². The third-order valence-corrected chi connectivity index (χ3v) is 3.34. The average Bonchev–Trinajstić information content (AvgIpc) is 3.31. The van der Waals surface area contributed by atoms with Gasteiger partial charge in [0.15, 0.2) is 0 Å². The number of rotatable bonds is 0. The Balaban J connectivity index is 0.000000331. The zero-order valence-corrected chi connectivity index (χ0v) is 17.9. The van der Waals surface area contributed by atoms with Crippen LogP contribution < -0.4 is 0 Å². The molecule has 0 aliphatic carbocycles. The maximum atomic E-state index is 3.72. The predicted octanol–water partition coefficient (Wildman–Crippen LogP) is 7.16. The monoisotopic (exact) mass is 388 g/mol. The maximum absolute atomic E-state index is 3.72. The van der Waals surface area contributed by atoms with E-state index >= 15 is 0 Å². The van der Waals surface area contributed by atoms with Crippen LogP contribution in [0.15, 0.2) is 109 Å². The summed E-state index contributed by atoms with van der Waals surface area (Å²) in [6.45, 7) is 11.6. The molecule has 0 unspecified atom stereocenters. The first-order valence-corrected chi connectivity index (χ1v) is 8.68. The summed E-state index contributed by atoms with van der Waals surface area (Å²) in [5, 5.41) is 0. The topological polar surface area (TPSA) is 0 Å². The normalized spacial score (nSPS) is 8.37. The zero-order chi connectivity index (χ0) is 19.0. The van der Waals surface area contributed by atoms with Gasteiger partial charge in [-0.1, -0.05) is 26.0 Å². The Labute approximate surface area is 180 Å². The summed E-state index contributed by atoms with van der Waals surface area (Å²) in [6, 6.07) is 36.2. The van der Waals surface area contributed by atoms with Gasteiger partial charge in [0.1, 0.15) is 0 Å². The molecule has 4 aromatic carbocycles. The first-order valence-electron chi connectivity index (χ1n) is 8.68. The standard InChI is InChI=1S/2C7H7.2C6H7.Ti/c2*1-7-5-3-2-4-6-7;2*1-6-4-2-3-5-6;/h2*2-6H,1H2;2*2-5H,1H3;/q4*-1;+4. The molecule has 0 aromatic heterocycles. The van der Waals surface area contributed by atoms with Crippen LogP contribution >= 0.6 is 0 Å². The fraction of sp³-hybridized carbons (Fsp3) is 0.0769. The van der Waals surface area contributed by atoms with Crippen LogP contribution in [0.2, 0.25) is 0 Å². The zero-order valence-electron chi connectivity index (χ0n) is 16.3. The summed E-state index contributed by atoms with van der Waals surface area (Å²) in [5.41, 5.74) is 4.83. The van der Waals surface area contributed by atoms with Gasteiger partial charge in [-0.05, 0) is 0 Å². The van der Waals surface area contributed by atoms with Crippen molar-refractivity contribution in [2.24, 2.45) is 0 Å². The van der Waals surface area contributed by atoms with Crippen LogP contribution in [-0.2, 0) is 21.7 Å². The molecule has 0 atom stereocenters. The molecule has 0 bridgehead atoms. The first kappa shape index (κ1) is 24.6. The van der Waals surface area contributed by atoms with E-state index in [-0.39, 0.29) is 21.7 Å². The third-order valence-electron chi connectivity index (χ3n) is 3.34. The van der Waals surface area contributed by atoms with E-state index in [1.807, 2.05) is 84.9 Å². The van der Waals surface area contributed by atoms with E-state index in [0.717, 1.165) is 11.1 Å². The number of benzene rings is 2. The molecule has 0 aliphatic heterocycles. The Morgan fingerprint density at radius 2 is 0.741 bits per heavy atom. The summed E-state index contributed by atoms with van der Waals surface area (Å²) in [7, 11) is 0. The average molecular weight is 388 g/mol. The van der Waals surface area contributed by atoms with E-state index in [2.05, 4.69) is 52.0 Å². The van der Waals surface area contributed by atoms with E-state index in [1.54, 1.807) is 0 Å². The molecule has 27 heavy (non-hydrogen) atoms. The van der Waals surface area contributed by atoms with Gasteiger partial charge in [0.2, 0.25) is 0 Å². The Morgan fingerprint density at radius 1 is 0.481 bits per heavy atom. The van der Waals surface area contributed by atoms with Gasteiger partial charge in [-0.3, -0.25) is 0 Å². The third kappa shape index (κ3) is 14.4. The summed E-state index contributed by atoms with van der Waals surface area (Å²) >= 11 is 0. The van der Waals surface area contributed by atoms with Gasteiger partial charge in [0.05, 0.1) is 0 Å². The van der Waals surface area contributed by atoms with Crippen LogP contribution in [0.1, 0.15) is 22.3 Å². The van der Waals surface area contributed by atoms with Crippen molar-refractivity contribution in [1.82, 2.24) is 0 Å². The fourth-order valence-electron chi connectivity index (χ4n) is 1.90. The maximum Gasteiger partial charge on any atom is 4.00 e. The van der Waals surface area contributed by atoms with Crippen LogP contribution in [0.3, 0.4) is 0 Å².